The fraction of sp³-hybridized carbons (Fsp3) is 0.562. The number of phenols is 1. The first-order valence-electron chi connectivity index (χ1n) is 7.06. The van der Waals surface area contributed by atoms with Gasteiger partial charge in [0.1, 0.15) is 5.75 Å². The third kappa shape index (κ3) is 4.58. The molecule has 3 nitrogen and oxygen atoms in total. The number of benzene rings is 1. The van der Waals surface area contributed by atoms with Gasteiger partial charge in [-0.05, 0) is 36.3 Å². The number of para-hydroxylation sites is 1. The quantitative estimate of drug-likeness (QED) is 0.762. The first-order chi connectivity index (χ1) is 9.10. The van der Waals surface area contributed by atoms with Gasteiger partial charge in [-0.1, -0.05) is 39.0 Å². The van der Waals surface area contributed by atoms with E-state index in [9.17, 15) is 9.90 Å². The zero-order chi connectivity index (χ0) is 14.3. The highest BCUT2D eigenvalue weighted by Crippen LogP contribution is 2.31. The standard InChI is InChI=1S/C16H24O3/c1-4-11-19-15(17)10-9-13-7-6-8-14(16(13)18)12(3)5-2/h6-8,12,18H,4-5,9-11H2,1-3H3. The minimum atomic E-state index is -0.199. The Morgan fingerprint density at radius 3 is 2.74 bits per heavy atom. The van der Waals surface area contributed by atoms with Gasteiger partial charge in [0.15, 0.2) is 0 Å². The zero-order valence-electron chi connectivity index (χ0n) is 12.1. The summed E-state index contributed by atoms with van der Waals surface area (Å²) >= 11 is 0. The van der Waals surface area contributed by atoms with Crippen LogP contribution in [0.4, 0.5) is 0 Å². The van der Waals surface area contributed by atoms with Gasteiger partial charge in [-0.3, -0.25) is 4.79 Å². The predicted octanol–water partition coefficient (Wildman–Crippen LogP) is 3.79. The van der Waals surface area contributed by atoms with Gasteiger partial charge in [0.2, 0.25) is 0 Å². The second-order valence-corrected chi connectivity index (χ2v) is 4.88. The molecule has 0 saturated carbocycles. The van der Waals surface area contributed by atoms with Crippen LogP contribution in [-0.4, -0.2) is 17.7 Å². The first-order valence-corrected chi connectivity index (χ1v) is 7.06. The summed E-state index contributed by atoms with van der Waals surface area (Å²) in [7, 11) is 0. The molecular weight excluding hydrogens is 240 g/mol. The summed E-state index contributed by atoms with van der Waals surface area (Å²) in [6.45, 7) is 6.62. The van der Waals surface area contributed by atoms with Gasteiger partial charge in [-0.2, -0.15) is 0 Å². The Morgan fingerprint density at radius 2 is 2.11 bits per heavy atom. The van der Waals surface area contributed by atoms with E-state index < -0.39 is 0 Å². The Bertz CT molecular complexity index is 412. The Balaban J connectivity index is 2.66. The Hall–Kier alpha value is -1.51. The number of carbonyl (C=O) groups is 1. The van der Waals surface area contributed by atoms with Crippen molar-refractivity contribution in [3.8, 4) is 5.75 Å². The second kappa shape index (κ2) is 7.82. The van der Waals surface area contributed by atoms with Crippen molar-refractivity contribution in [1.82, 2.24) is 0 Å². The first kappa shape index (κ1) is 15.5. The van der Waals surface area contributed by atoms with Crippen LogP contribution in [-0.2, 0) is 16.0 Å². The van der Waals surface area contributed by atoms with E-state index in [1.54, 1.807) is 0 Å². The highest BCUT2D eigenvalue weighted by molar-refractivity contribution is 5.69. The molecule has 1 N–H and O–H groups in total. The van der Waals surface area contributed by atoms with Gasteiger partial charge in [-0.25, -0.2) is 0 Å². The van der Waals surface area contributed by atoms with Crippen molar-refractivity contribution >= 4 is 5.97 Å². The van der Waals surface area contributed by atoms with E-state index in [0.717, 1.165) is 24.0 Å². The maximum Gasteiger partial charge on any atom is 0.306 e. The molecule has 0 aromatic heterocycles. The average Bonchev–Trinajstić information content (AvgIpc) is 2.43. The molecule has 1 rings (SSSR count). The summed E-state index contributed by atoms with van der Waals surface area (Å²) in [5, 5.41) is 10.2. The van der Waals surface area contributed by atoms with E-state index >= 15 is 0 Å². The average molecular weight is 264 g/mol. The molecule has 0 heterocycles. The van der Waals surface area contributed by atoms with Crippen molar-refractivity contribution in [2.75, 3.05) is 6.61 Å². The highest BCUT2D eigenvalue weighted by atomic mass is 16.5. The smallest absolute Gasteiger partial charge is 0.306 e. The topological polar surface area (TPSA) is 46.5 Å². The lowest BCUT2D eigenvalue weighted by Crippen LogP contribution is -2.07. The summed E-state index contributed by atoms with van der Waals surface area (Å²) in [6, 6.07) is 5.75. The molecular formula is C16H24O3. The summed E-state index contributed by atoms with van der Waals surface area (Å²) in [5.74, 6) is 0.460. The molecule has 0 saturated heterocycles. The molecule has 3 heteroatoms. The summed E-state index contributed by atoms with van der Waals surface area (Å²) in [5.41, 5.74) is 1.79. The van der Waals surface area contributed by atoms with Crippen LogP contribution in [0.15, 0.2) is 18.2 Å². The van der Waals surface area contributed by atoms with Gasteiger partial charge in [0.05, 0.1) is 6.61 Å². The number of rotatable bonds is 7. The molecule has 0 aliphatic heterocycles. The van der Waals surface area contributed by atoms with Gasteiger partial charge in [-0.15, -0.1) is 0 Å². The van der Waals surface area contributed by atoms with E-state index in [0.29, 0.717) is 31.1 Å². The fourth-order valence-electron chi connectivity index (χ4n) is 1.96. The van der Waals surface area contributed by atoms with Crippen LogP contribution in [0.1, 0.15) is 57.1 Å². The maximum absolute atomic E-state index is 11.5. The molecule has 0 spiro atoms. The van der Waals surface area contributed by atoms with Crippen LogP contribution >= 0.6 is 0 Å². The number of esters is 1. The van der Waals surface area contributed by atoms with Crippen molar-refractivity contribution in [3.63, 3.8) is 0 Å². The summed E-state index contributed by atoms with van der Waals surface area (Å²) in [4.78, 5) is 11.5. The molecule has 1 aromatic rings. The number of hydrogen-bond donors (Lipinski definition) is 1. The summed E-state index contributed by atoms with van der Waals surface area (Å²) < 4.78 is 5.03. The molecule has 106 valence electrons. The number of phenolic OH excluding ortho intramolecular Hbond substituents is 1. The number of hydrogen-bond acceptors (Lipinski definition) is 3. The van der Waals surface area contributed by atoms with Gasteiger partial charge in [0, 0.05) is 6.42 Å². The van der Waals surface area contributed by atoms with E-state index in [1.807, 2.05) is 25.1 Å². The Kier molecular flexibility index (Phi) is 6.40. The van der Waals surface area contributed by atoms with Crippen LogP contribution in [0.5, 0.6) is 5.75 Å². The van der Waals surface area contributed by atoms with Crippen molar-refractivity contribution < 1.29 is 14.6 Å². The molecule has 1 unspecified atom stereocenters. The third-order valence-corrected chi connectivity index (χ3v) is 3.36. The minimum Gasteiger partial charge on any atom is -0.507 e. The molecule has 0 amide bonds. The number of aromatic hydroxyl groups is 1. The molecule has 0 radical (unpaired) electrons. The maximum atomic E-state index is 11.5. The van der Waals surface area contributed by atoms with Crippen molar-refractivity contribution in [2.24, 2.45) is 0 Å². The van der Waals surface area contributed by atoms with Crippen molar-refractivity contribution in [3.05, 3.63) is 29.3 Å². The van der Waals surface area contributed by atoms with E-state index in [-0.39, 0.29) is 5.97 Å². The second-order valence-electron chi connectivity index (χ2n) is 4.88. The van der Waals surface area contributed by atoms with Crippen LogP contribution < -0.4 is 0 Å². The highest BCUT2D eigenvalue weighted by Gasteiger charge is 2.13. The molecule has 1 aromatic carbocycles. The van der Waals surface area contributed by atoms with Crippen LogP contribution in [0.2, 0.25) is 0 Å². The van der Waals surface area contributed by atoms with Crippen LogP contribution in [0, 0.1) is 0 Å². The molecule has 0 fully saturated rings. The van der Waals surface area contributed by atoms with Gasteiger partial charge in [0.25, 0.3) is 0 Å². The van der Waals surface area contributed by atoms with Crippen LogP contribution in [0.3, 0.4) is 0 Å². The van der Waals surface area contributed by atoms with E-state index in [1.165, 1.54) is 0 Å². The molecule has 0 aliphatic carbocycles. The summed E-state index contributed by atoms with van der Waals surface area (Å²) in [6.07, 6.45) is 2.66. The predicted molar refractivity (Wildman–Crippen MR) is 76.4 cm³/mol. The minimum absolute atomic E-state index is 0.199. The van der Waals surface area contributed by atoms with Crippen molar-refractivity contribution in [1.29, 1.82) is 0 Å². The Morgan fingerprint density at radius 1 is 1.37 bits per heavy atom. The lowest BCUT2D eigenvalue weighted by Gasteiger charge is -2.14. The molecule has 1 atom stereocenters. The molecule has 19 heavy (non-hydrogen) atoms. The lowest BCUT2D eigenvalue weighted by molar-refractivity contribution is -0.143. The van der Waals surface area contributed by atoms with Crippen molar-refractivity contribution in [2.45, 2.75) is 52.4 Å². The van der Waals surface area contributed by atoms with E-state index in [2.05, 4.69) is 13.8 Å². The van der Waals surface area contributed by atoms with E-state index in [4.69, 9.17) is 4.74 Å². The number of ether oxygens (including phenoxy) is 1. The normalized spacial score (nSPS) is 12.2. The Labute approximate surface area is 115 Å². The van der Waals surface area contributed by atoms with Crippen LogP contribution in [0.25, 0.3) is 0 Å². The monoisotopic (exact) mass is 264 g/mol. The SMILES string of the molecule is CCCOC(=O)CCc1cccc(C(C)CC)c1O. The number of carbonyl (C=O) groups excluding carboxylic acids is 1. The lowest BCUT2D eigenvalue weighted by atomic mass is 9.94. The van der Waals surface area contributed by atoms with Gasteiger partial charge >= 0.3 is 5.97 Å². The molecule has 0 aliphatic rings. The molecule has 0 bridgehead atoms. The number of aryl methyl sites for hydroxylation is 1. The zero-order valence-corrected chi connectivity index (χ0v) is 12.1. The fourth-order valence-corrected chi connectivity index (χ4v) is 1.96. The van der Waals surface area contributed by atoms with Gasteiger partial charge < -0.3 is 9.84 Å². The largest absolute Gasteiger partial charge is 0.507 e. The third-order valence-electron chi connectivity index (χ3n) is 3.36.